The van der Waals surface area contributed by atoms with Crippen molar-refractivity contribution < 1.29 is 14.7 Å². The molecule has 180 valence electrons. The van der Waals surface area contributed by atoms with Gasteiger partial charge in [-0.25, -0.2) is 4.98 Å². The molecule has 0 radical (unpaired) electrons. The number of thiazole rings is 1. The summed E-state index contributed by atoms with van der Waals surface area (Å²) in [6.07, 6.45) is 0.703. The molecule has 7 nitrogen and oxygen atoms in total. The van der Waals surface area contributed by atoms with Crippen LogP contribution >= 0.6 is 22.9 Å². The summed E-state index contributed by atoms with van der Waals surface area (Å²) in [5.41, 5.74) is 7.61. The smallest absolute Gasteiger partial charge is 0.245 e. The predicted molar refractivity (Wildman–Crippen MR) is 131 cm³/mol. The molecule has 4 N–H and O–H groups in total. The molecule has 2 amide bonds. The van der Waals surface area contributed by atoms with Crippen LogP contribution in [0.15, 0.2) is 35.2 Å². The zero-order valence-corrected chi connectivity index (χ0v) is 21.1. The summed E-state index contributed by atoms with van der Waals surface area (Å²) in [6, 6.07) is 5.72. The summed E-state index contributed by atoms with van der Waals surface area (Å²) >= 11 is 7.47. The monoisotopic (exact) mass is 492 g/mol. The number of benzene rings is 1. The lowest BCUT2D eigenvalue weighted by Crippen LogP contribution is -2.61. The number of aliphatic hydroxyl groups is 1. The van der Waals surface area contributed by atoms with Gasteiger partial charge >= 0.3 is 0 Å². The molecule has 1 fully saturated rings. The van der Waals surface area contributed by atoms with Crippen LogP contribution in [0.5, 0.6) is 0 Å². The maximum atomic E-state index is 13.5. The summed E-state index contributed by atoms with van der Waals surface area (Å²) < 4.78 is 0. The Hall–Kier alpha value is -2.00. The lowest BCUT2D eigenvalue weighted by Gasteiger charge is -2.51. The van der Waals surface area contributed by atoms with Gasteiger partial charge in [-0.2, -0.15) is 0 Å². The van der Waals surface area contributed by atoms with Crippen LogP contribution in [0.4, 0.5) is 0 Å². The molecule has 0 bridgehead atoms. The second-order valence-corrected chi connectivity index (χ2v) is 10.9. The molecule has 2 heterocycles. The summed E-state index contributed by atoms with van der Waals surface area (Å²) in [4.78, 5) is 32.1. The molecular weight excluding hydrogens is 460 g/mol. The number of carbonyl (C=O) groups excluding carboxylic acids is 2. The number of hydrogen-bond acceptors (Lipinski definition) is 6. The zero-order chi connectivity index (χ0) is 24.4. The highest BCUT2D eigenvalue weighted by molar-refractivity contribution is 7.07. The van der Waals surface area contributed by atoms with Gasteiger partial charge in [0, 0.05) is 35.3 Å². The van der Waals surface area contributed by atoms with Crippen molar-refractivity contribution in [2.45, 2.75) is 58.2 Å². The van der Waals surface area contributed by atoms with Crippen LogP contribution in [0.3, 0.4) is 0 Å². The van der Waals surface area contributed by atoms with Gasteiger partial charge in [0.15, 0.2) is 0 Å². The summed E-state index contributed by atoms with van der Waals surface area (Å²) in [5, 5.41) is 16.9. The van der Waals surface area contributed by atoms with Crippen LogP contribution in [0.1, 0.15) is 45.4 Å². The van der Waals surface area contributed by atoms with E-state index in [1.165, 1.54) is 11.3 Å². The van der Waals surface area contributed by atoms with Gasteiger partial charge in [-0.3, -0.25) is 9.59 Å². The summed E-state index contributed by atoms with van der Waals surface area (Å²) in [6.45, 7) is 8.43. The van der Waals surface area contributed by atoms with E-state index >= 15 is 0 Å². The number of hydrogen-bond donors (Lipinski definition) is 3. The van der Waals surface area contributed by atoms with Gasteiger partial charge in [0.1, 0.15) is 6.04 Å². The fourth-order valence-corrected chi connectivity index (χ4v) is 5.10. The number of nitrogens with two attached hydrogens (primary N) is 1. The first-order valence-corrected chi connectivity index (χ1v) is 12.5. The highest BCUT2D eigenvalue weighted by atomic mass is 35.5. The van der Waals surface area contributed by atoms with Crippen LogP contribution in [0, 0.1) is 11.3 Å². The van der Waals surface area contributed by atoms with E-state index in [9.17, 15) is 14.7 Å². The molecule has 33 heavy (non-hydrogen) atoms. The Morgan fingerprint density at radius 3 is 2.52 bits per heavy atom. The van der Waals surface area contributed by atoms with E-state index in [2.05, 4.69) is 10.3 Å². The average molecular weight is 493 g/mol. The van der Waals surface area contributed by atoms with Crippen molar-refractivity contribution in [1.29, 1.82) is 0 Å². The Bertz CT molecular complexity index is 965. The van der Waals surface area contributed by atoms with Crippen LogP contribution in [-0.2, 0) is 21.6 Å². The van der Waals surface area contributed by atoms with E-state index in [-0.39, 0.29) is 17.7 Å². The van der Waals surface area contributed by atoms with Crippen LogP contribution in [0.2, 0.25) is 5.02 Å². The molecule has 0 spiro atoms. The molecule has 3 rings (SSSR count). The summed E-state index contributed by atoms with van der Waals surface area (Å²) in [7, 11) is 0. The van der Waals surface area contributed by atoms with Gasteiger partial charge in [-0.1, -0.05) is 51.4 Å². The number of nitrogens with zero attached hydrogens (tertiary/aromatic N) is 2. The zero-order valence-electron chi connectivity index (χ0n) is 19.5. The van der Waals surface area contributed by atoms with Gasteiger partial charge in [-0.15, -0.1) is 11.3 Å². The van der Waals surface area contributed by atoms with Crippen molar-refractivity contribution >= 4 is 34.8 Å². The molecule has 0 saturated carbocycles. The number of carbonyl (C=O) groups is 2. The van der Waals surface area contributed by atoms with Crippen molar-refractivity contribution in [2.24, 2.45) is 17.1 Å². The molecular formula is C24H33ClN4O3S. The number of halogens is 1. The molecule has 9 heteroatoms. The Labute approximate surface area is 204 Å². The molecule has 1 aromatic heterocycles. The lowest BCUT2D eigenvalue weighted by molar-refractivity contribution is -0.156. The number of amides is 2. The number of piperidine rings is 1. The lowest BCUT2D eigenvalue weighted by atomic mass is 9.66. The number of aromatic nitrogens is 1. The first-order valence-electron chi connectivity index (χ1n) is 11.1. The Morgan fingerprint density at radius 2 is 1.97 bits per heavy atom. The van der Waals surface area contributed by atoms with Gasteiger partial charge < -0.3 is 21.1 Å². The topological polar surface area (TPSA) is 109 Å². The standard InChI is InChI=1S/C24H33ClN4O3S/c1-15(2)20(28-21(30)19(26)11-18-12-33-14-27-18)22(31)29-10-9-24(32,23(3,4)13-29)16-5-7-17(25)8-6-16/h5-8,12,14-15,19-20,32H,9-11,13,26H2,1-4H3,(H,28,30)/t19-,20-,24+/m1/s1. The SMILES string of the molecule is CC(C)[C@@H](NC(=O)[C@H](N)Cc1cscn1)C(=O)N1CC[C@](O)(c2ccc(Cl)cc2)C(C)(C)C1. The maximum absolute atomic E-state index is 13.5. The number of likely N-dealkylation sites (tertiary alicyclic amines) is 1. The molecule has 3 atom stereocenters. The summed E-state index contributed by atoms with van der Waals surface area (Å²) in [5.74, 6) is -0.650. The molecule has 1 aliphatic rings. The maximum Gasteiger partial charge on any atom is 0.245 e. The second kappa shape index (κ2) is 10.1. The Balaban J connectivity index is 1.70. The predicted octanol–water partition coefficient (Wildman–Crippen LogP) is 2.95. The van der Waals surface area contributed by atoms with Gasteiger partial charge in [0.05, 0.1) is 22.8 Å². The van der Waals surface area contributed by atoms with Gasteiger partial charge in [0.2, 0.25) is 11.8 Å². The first kappa shape index (κ1) is 25.6. The number of nitrogens with one attached hydrogen (secondary N) is 1. The van der Waals surface area contributed by atoms with E-state index in [4.69, 9.17) is 17.3 Å². The minimum Gasteiger partial charge on any atom is -0.384 e. The molecule has 1 aliphatic heterocycles. The van der Waals surface area contributed by atoms with E-state index in [1.807, 2.05) is 45.2 Å². The second-order valence-electron chi connectivity index (χ2n) is 9.78. The van der Waals surface area contributed by atoms with Crippen molar-refractivity contribution in [3.8, 4) is 0 Å². The van der Waals surface area contributed by atoms with E-state index < -0.39 is 23.1 Å². The van der Waals surface area contributed by atoms with E-state index in [0.717, 1.165) is 11.3 Å². The number of rotatable bonds is 7. The van der Waals surface area contributed by atoms with Crippen LogP contribution in [-0.4, -0.2) is 52.0 Å². The fourth-order valence-electron chi connectivity index (χ4n) is 4.40. The minimum absolute atomic E-state index is 0.117. The highest BCUT2D eigenvalue weighted by Crippen LogP contribution is 2.46. The van der Waals surface area contributed by atoms with E-state index in [0.29, 0.717) is 31.0 Å². The molecule has 1 saturated heterocycles. The van der Waals surface area contributed by atoms with Crippen LogP contribution in [0.25, 0.3) is 0 Å². The third-order valence-corrected chi connectivity index (χ3v) is 7.45. The third-order valence-electron chi connectivity index (χ3n) is 6.56. The van der Waals surface area contributed by atoms with E-state index in [1.54, 1.807) is 22.5 Å². The third kappa shape index (κ3) is 5.57. The van der Waals surface area contributed by atoms with Gasteiger partial charge in [0.25, 0.3) is 0 Å². The van der Waals surface area contributed by atoms with Crippen molar-refractivity contribution in [3.63, 3.8) is 0 Å². The fraction of sp³-hybridized carbons (Fsp3) is 0.542. The normalized spacial score (nSPS) is 22.1. The highest BCUT2D eigenvalue weighted by Gasteiger charge is 2.50. The minimum atomic E-state index is -1.10. The first-order chi connectivity index (χ1) is 15.4. The molecule has 0 aliphatic carbocycles. The van der Waals surface area contributed by atoms with Crippen molar-refractivity contribution in [2.75, 3.05) is 13.1 Å². The Morgan fingerprint density at radius 1 is 1.30 bits per heavy atom. The van der Waals surface area contributed by atoms with Crippen molar-refractivity contribution in [1.82, 2.24) is 15.2 Å². The molecule has 2 aromatic rings. The largest absolute Gasteiger partial charge is 0.384 e. The Kier molecular flexibility index (Phi) is 7.84. The van der Waals surface area contributed by atoms with Gasteiger partial charge in [-0.05, 0) is 30.0 Å². The van der Waals surface area contributed by atoms with Crippen molar-refractivity contribution in [3.05, 3.63) is 51.4 Å². The molecule has 1 aromatic carbocycles. The average Bonchev–Trinajstić information content (AvgIpc) is 3.26. The molecule has 0 unspecified atom stereocenters. The quantitative estimate of drug-likeness (QED) is 0.550. The van der Waals surface area contributed by atoms with Crippen LogP contribution < -0.4 is 11.1 Å².